The van der Waals surface area contributed by atoms with Gasteiger partial charge < -0.3 is 11.1 Å². The number of hydrogen-bond donors (Lipinski definition) is 2. The van der Waals surface area contributed by atoms with Crippen LogP contribution in [0.1, 0.15) is 32.1 Å². The molecule has 0 atom stereocenters. The maximum absolute atomic E-state index is 11.9. The number of anilines is 1. The number of halogens is 1. The zero-order valence-electron chi connectivity index (χ0n) is 9.71. The minimum Gasteiger partial charge on any atom is -0.326 e. The fourth-order valence-corrected chi connectivity index (χ4v) is 2.58. The van der Waals surface area contributed by atoms with Crippen LogP contribution in [0.15, 0.2) is 28.7 Å². The van der Waals surface area contributed by atoms with Crippen molar-refractivity contribution in [2.24, 2.45) is 5.73 Å². The molecule has 4 heteroatoms. The molecule has 0 radical (unpaired) electrons. The lowest BCUT2D eigenvalue weighted by Crippen LogP contribution is -2.40. The number of carbonyl (C=O) groups is 1. The molecule has 0 unspecified atom stereocenters. The monoisotopic (exact) mass is 296 g/mol. The first-order valence-electron chi connectivity index (χ1n) is 5.92. The van der Waals surface area contributed by atoms with Crippen molar-refractivity contribution in [1.29, 1.82) is 0 Å². The third kappa shape index (κ3) is 3.54. The van der Waals surface area contributed by atoms with Gasteiger partial charge in [0.15, 0.2) is 0 Å². The molecule has 0 saturated heterocycles. The predicted molar refractivity (Wildman–Crippen MR) is 72.8 cm³/mol. The van der Waals surface area contributed by atoms with Crippen molar-refractivity contribution in [2.45, 2.75) is 37.6 Å². The predicted octanol–water partition coefficient (Wildman–Crippen LogP) is 3.05. The fourth-order valence-electron chi connectivity index (χ4n) is 2.31. The molecule has 1 amide bonds. The highest BCUT2D eigenvalue weighted by Crippen LogP contribution is 2.30. The van der Waals surface area contributed by atoms with Gasteiger partial charge >= 0.3 is 0 Å². The van der Waals surface area contributed by atoms with E-state index in [0.29, 0.717) is 6.42 Å². The number of benzene rings is 1. The molecule has 2 rings (SSSR count). The minimum absolute atomic E-state index is 0.0109. The van der Waals surface area contributed by atoms with Crippen molar-refractivity contribution in [3.8, 4) is 0 Å². The Morgan fingerprint density at radius 3 is 2.47 bits per heavy atom. The third-order valence-corrected chi connectivity index (χ3v) is 3.77. The molecule has 1 aliphatic rings. The van der Waals surface area contributed by atoms with Gasteiger partial charge in [-0.25, -0.2) is 0 Å². The van der Waals surface area contributed by atoms with Crippen LogP contribution in [0.2, 0.25) is 0 Å². The summed E-state index contributed by atoms with van der Waals surface area (Å²) in [6, 6.07) is 7.56. The van der Waals surface area contributed by atoms with Crippen LogP contribution < -0.4 is 11.1 Å². The molecule has 1 fully saturated rings. The Balaban J connectivity index is 1.91. The van der Waals surface area contributed by atoms with Crippen LogP contribution >= 0.6 is 15.9 Å². The van der Waals surface area contributed by atoms with E-state index in [1.807, 2.05) is 24.3 Å². The maximum atomic E-state index is 11.9. The second-order valence-electron chi connectivity index (χ2n) is 4.80. The van der Waals surface area contributed by atoms with Crippen molar-refractivity contribution in [3.05, 3.63) is 28.7 Å². The molecular formula is C13H17BrN2O. The van der Waals surface area contributed by atoms with Gasteiger partial charge in [0.25, 0.3) is 0 Å². The molecule has 3 nitrogen and oxygen atoms in total. The molecule has 1 aromatic carbocycles. The number of nitrogens with one attached hydrogen (secondary N) is 1. The Labute approximate surface area is 110 Å². The van der Waals surface area contributed by atoms with Crippen molar-refractivity contribution < 1.29 is 4.79 Å². The first-order chi connectivity index (χ1) is 8.07. The second kappa shape index (κ2) is 5.19. The van der Waals surface area contributed by atoms with Gasteiger partial charge in [-0.3, -0.25) is 4.79 Å². The lowest BCUT2D eigenvalue weighted by molar-refractivity contribution is -0.117. The summed E-state index contributed by atoms with van der Waals surface area (Å²) in [6.45, 7) is 0. The smallest absolute Gasteiger partial charge is 0.226 e. The SMILES string of the molecule is NC1(CC(=O)Nc2ccc(Br)cc2)CCCC1. The van der Waals surface area contributed by atoms with E-state index in [1.165, 1.54) is 0 Å². The van der Waals surface area contributed by atoms with Crippen LogP contribution in [0.3, 0.4) is 0 Å². The van der Waals surface area contributed by atoms with Crippen molar-refractivity contribution in [1.82, 2.24) is 0 Å². The number of rotatable bonds is 3. The number of hydrogen-bond acceptors (Lipinski definition) is 2. The summed E-state index contributed by atoms with van der Waals surface area (Å²) in [5.74, 6) is 0.0109. The lowest BCUT2D eigenvalue weighted by Gasteiger charge is -2.22. The lowest BCUT2D eigenvalue weighted by atomic mass is 9.94. The Bertz CT molecular complexity index is 396. The van der Waals surface area contributed by atoms with Crippen LogP contribution in [0.4, 0.5) is 5.69 Å². The zero-order valence-corrected chi connectivity index (χ0v) is 11.3. The van der Waals surface area contributed by atoms with Gasteiger partial charge in [0.1, 0.15) is 0 Å². The normalized spacial score (nSPS) is 18.0. The number of carbonyl (C=O) groups excluding carboxylic acids is 1. The first kappa shape index (κ1) is 12.6. The largest absolute Gasteiger partial charge is 0.326 e. The second-order valence-corrected chi connectivity index (χ2v) is 5.72. The molecule has 1 aliphatic carbocycles. The van der Waals surface area contributed by atoms with E-state index < -0.39 is 0 Å². The van der Waals surface area contributed by atoms with E-state index in [4.69, 9.17) is 5.73 Å². The van der Waals surface area contributed by atoms with E-state index in [2.05, 4.69) is 21.2 Å². The van der Waals surface area contributed by atoms with E-state index in [-0.39, 0.29) is 11.4 Å². The molecule has 0 spiro atoms. The summed E-state index contributed by atoms with van der Waals surface area (Å²) in [7, 11) is 0. The number of amides is 1. The van der Waals surface area contributed by atoms with Crippen molar-refractivity contribution in [2.75, 3.05) is 5.32 Å². The molecule has 92 valence electrons. The summed E-state index contributed by atoms with van der Waals surface area (Å²) in [5.41, 5.74) is 6.71. The molecule has 0 aliphatic heterocycles. The molecular weight excluding hydrogens is 280 g/mol. The molecule has 1 aromatic rings. The average molecular weight is 297 g/mol. The van der Waals surface area contributed by atoms with Gasteiger partial charge in [0.05, 0.1) is 0 Å². The van der Waals surface area contributed by atoms with Crippen LogP contribution in [0, 0.1) is 0 Å². The van der Waals surface area contributed by atoms with Crippen LogP contribution in [0.5, 0.6) is 0 Å². The highest BCUT2D eigenvalue weighted by molar-refractivity contribution is 9.10. The van der Waals surface area contributed by atoms with E-state index in [9.17, 15) is 4.79 Å². The minimum atomic E-state index is -0.278. The standard InChI is InChI=1S/C13H17BrN2O/c14-10-3-5-11(6-4-10)16-12(17)9-13(15)7-1-2-8-13/h3-6H,1-2,7-9,15H2,(H,16,17). The quantitative estimate of drug-likeness (QED) is 0.901. The van der Waals surface area contributed by atoms with Gasteiger partial charge in [-0.1, -0.05) is 28.8 Å². The Hall–Kier alpha value is -0.870. The summed E-state index contributed by atoms with van der Waals surface area (Å²) in [5, 5.41) is 2.88. The van der Waals surface area contributed by atoms with Crippen molar-refractivity contribution in [3.63, 3.8) is 0 Å². The van der Waals surface area contributed by atoms with E-state index in [1.54, 1.807) is 0 Å². The van der Waals surface area contributed by atoms with Crippen LogP contribution in [-0.2, 0) is 4.79 Å². The first-order valence-corrected chi connectivity index (χ1v) is 6.71. The van der Waals surface area contributed by atoms with Gasteiger partial charge in [-0.05, 0) is 37.1 Å². The van der Waals surface area contributed by atoms with Gasteiger partial charge in [0, 0.05) is 22.1 Å². The number of nitrogens with two attached hydrogens (primary N) is 1. The molecule has 17 heavy (non-hydrogen) atoms. The summed E-state index contributed by atoms with van der Waals surface area (Å²) in [4.78, 5) is 11.9. The van der Waals surface area contributed by atoms with E-state index in [0.717, 1.165) is 35.8 Å². The third-order valence-electron chi connectivity index (χ3n) is 3.24. The maximum Gasteiger partial charge on any atom is 0.226 e. The Kier molecular flexibility index (Phi) is 3.84. The Morgan fingerprint density at radius 2 is 1.88 bits per heavy atom. The molecule has 0 aromatic heterocycles. The van der Waals surface area contributed by atoms with Crippen molar-refractivity contribution >= 4 is 27.5 Å². The van der Waals surface area contributed by atoms with Gasteiger partial charge in [0.2, 0.25) is 5.91 Å². The van der Waals surface area contributed by atoms with Crippen LogP contribution in [-0.4, -0.2) is 11.4 Å². The molecule has 3 N–H and O–H groups in total. The van der Waals surface area contributed by atoms with E-state index >= 15 is 0 Å². The Morgan fingerprint density at radius 1 is 1.29 bits per heavy atom. The van der Waals surface area contributed by atoms with Crippen LogP contribution in [0.25, 0.3) is 0 Å². The molecule has 0 bridgehead atoms. The van der Waals surface area contributed by atoms with Gasteiger partial charge in [-0.2, -0.15) is 0 Å². The highest BCUT2D eigenvalue weighted by Gasteiger charge is 2.31. The highest BCUT2D eigenvalue weighted by atomic mass is 79.9. The zero-order chi connectivity index (χ0) is 12.3. The topological polar surface area (TPSA) is 55.1 Å². The molecule has 1 saturated carbocycles. The fraction of sp³-hybridized carbons (Fsp3) is 0.462. The summed E-state index contributed by atoms with van der Waals surface area (Å²) in [6.07, 6.45) is 4.62. The molecule has 0 heterocycles. The van der Waals surface area contributed by atoms with Gasteiger partial charge in [-0.15, -0.1) is 0 Å². The average Bonchev–Trinajstić information content (AvgIpc) is 2.68. The summed E-state index contributed by atoms with van der Waals surface area (Å²) >= 11 is 3.36. The summed E-state index contributed by atoms with van der Waals surface area (Å²) < 4.78 is 1.00.